The third kappa shape index (κ3) is 3.53. The molecule has 0 spiro atoms. The van der Waals surface area contributed by atoms with Crippen LogP contribution in [0.5, 0.6) is 0 Å². The number of hydrogen-bond donors (Lipinski definition) is 1. The molecule has 6 heteroatoms. The molecule has 2 rings (SSSR count). The molecule has 0 unspecified atom stereocenters. The predicted octanol–water partition coefficient (Wildman–Crippen LogP) is 2.35. The Hall–Kier alpha value is -1.43. The molecule has 1 aromatic heterocycles. The second kappa shape index (κ2) is 6.65. The van der Waals surface area contributed by atoms with Crippen molar-refractivity contribution in [2.24, 2.45) is 5.73 Å². The average Bonchev–Trinajstić information content (AvgIpc) is 2.88. The maximum atomic E-state index is 6.09. The molecule has 0 amide bonds. The van der Waals surface area contributed by atoms with Crippen molar-refractivity contribution in [2.75, 3.05) is 13.2 Å². The minimum Gasteiger partial charge on any atom is -0.381 e. The van der Waals surface area contributed by atoms with Crippen LogP contribution in [0.2, 0.25) is 5.02 Å². The van der Waals surface area contributed by atoms with Crippen molar-refractivity contribution in [3.63, 3.8) is 0 Å². The van der Waals surface area contributed by atoms with Crippen molar-refractivity contribution < 1.29 is 9.26 Å². The zero-order valence-electron chi connectivity index (χ0n) is 10.7. The van der Waals surface area contributed by atoms with E-state index in [1.165, 1.54) is 0 Å². The molecule has 1 atom stereocenters. The summed E-state index contributed by atoms with van der Waals surface area (Å²) in [5.41, 5.74) is 6.84. The van der Waals surface area contributed by atoms with Gasteiger partial charge in [0.25, 0.3) is 0 Å². The maximum Gasteiger partial charge on any atom is 0.248 e. The summed E-state index contributed by atoms with van der Waals surface area (Å²) in [6.07, 6.45) is 0.604. The maximum absolute atomic E-state index is 6.09. The molecule has 0 saturated carbocycles. The van der Waals surface area contributed by atoms with E-state index >= 15 is 0 Å². The predicted molar refractivity (Wildman–Crippen MR) is 72.0 cm³/mol. The lowest BCUT2D eigenvalue weighted by molar-refractivity contribution is 0.149. The van der Waals surface area contributed by atoms with Gasteiger partial charge in [-0.15, -0.1) is 0 Å². The van der Waals surface area contributed by atoms with Gasteiger partial charge >= 0.3 is 0 Å². The summed E-state index contributed by atoms with van der Waals surface area (Å²) in [5.74, 6) is 0.950. The molecule has 2 N–H and O–H groups in total. The molecule has 0 saturated heterocycles. The summed E-state index contributed by atoms with van der Waals surface area (Å²) in [6.45, 7) is 3.18. The zero-order chi connectivity index (χ0) is 13.7. The molecular weight excluding hydrogens is 266 g/mol. The molecule has 0 aliphatic rings. The lowest BCUT2D eigenvalue weighted by Gasteiger charge is -2.08. The third-order valence-electron chi connectivity index (χ3n) is 2.66. The third-order valence-corrected chi connectivity index (χ3v) is 3.01. The SMILES string of the molecule is CCOCCc1noc([C@H](N)c2ccccc2Cl)n1. The number of halogens is 1. The van der Waals surface area contributed by atoms with E-state index < -0.39 is 6.04 Å². The van der Waals surface area contributed by atoms with E-state index in [0.29, 0.717) is 36.4 Å². The first-order valence-corrected chi connectivity index (χ1v) is 6.50. The Balaban J connectivity index is 2.08. The Labute approximate surface area is 116 Å². The van der Waals surface area contributed by atoms with Gasteiger partial charge in [0.2, 0.25) is 5.89 Å². The van der Waals surface area contributed by atoms with Crippen LogP contribution in [-0.4, -0.2) is 23.4 Å². The van der Waals surface area contributed by atoms with Crippen molar-refractivity contribution in [1.82, 2.24) is 10.1 Å². The molecule has 19 heavy (non-hydrogen) atoms. The Morgan fingerprint density at radius 1 is 1.42 bits per heavy atom. The number of ether oxygens (including phenoxy) is 1. The first-order valence-electron chi connectivity index (χ1n) is 6.12. The van der Waals surface area contributed by atoms with Gasteiger partial charge < -0.3 is 15.0 Å². The van der Waals surface area contributed by atoms with Gasteiger partial charge in [-0.05, 0) is 18.6 Å². The molecule has 0 aliphatic heterocycles. The van der Waals surface area contributed by atoms with Gasteiger partial charge in [0, 0.05) is 18.1 Å². The largest absolute Gasteiger partial charge is 0.381 e. The van der Waals surface area contributed by atoms with Gasteiger partial charge in [-0.3, -0.25) is 0 Å². The number of benzene rings is 1. The van der Waals surface area contributed by atoms with E-state index in [9.17, 15) is 0 Å². The van der Waals surface area contributed by atoms with Gasteiger partial charge in [-0.25, -0.2) is 0 Å². The standard InChI is InChI=1S/C13H16ClN3O2/c1-2-18-8-7-11-16-13(19-17-11)12(15)9-5-3-4-6-10(9)14/h3-6,12H,2,7-8,15H2,1H3/t12-/m1/s1. The van der Waals surface area contributed by atoms with Crippen LogP contribution in [-0.2, 0) is 11.2 Å². The summed E-state index contributed by atoms with van der Waals surface area (Å²) in [7, 11) is 0. The van der Waals surface area contributed by atoms with Crippen LogP contribution >= 0.6 is 11.6 Å². The van der Waals surface area contributed by atoms with Crippen molar-refractivity contribution in [1.29, 1.82) is 0 Å². The second-order valence-corrected chi connectivity index (χ2v) is 4.40. The quantitative estimate of drug-likeness (QED) is 0.823. The summed E-state index contributed by atoms with van der Waals surface area (Å²) in [5, 5.41) is 4.46. The highest BCUT2D eigenvalue weighted by Gasteiger charge is 2.18. The number of nitrogens with two attached hydrogens (primary N) is 1. The monoisotopic (exact) mass is 281 g/mol. The van der Waals surface area contributed by atoms with E-state index in [0.717, 1.165) is 5.56 Å². The normalized spacial score (nSPS) is 12.6. The van der Waals surface area contributed by atoms with Crippen LogP contribution in [0.15, 0.2) is 28.8 Å². The Morgan fingerprint density at radius 3 is 2.95 bits per heavy atom. The highest BCUT2D eigenvalue weighted by Crippen LogP contribution is 2.25. The van der Waals surface area contributed by atoms with Crippen LogP contribution in [0.25, 0.3) is 0 Å². The fourth-order valence-corrected chi connectivity index (χ4v) is 1.92. The molecule has 0 fully saturated rings. The molecule has 5 nitrogen and oxygen atoms in total. The molecule has 102 valence electrons. The number of hydrogen-bond acceptors (Lipinski definition) is 5. The Bertz CT molecular complexity index is 530. The smallest absolute Gasteiger partial charge is 0.248 e. The number of rotatable bonds is 6. The number of aromatic nitrogens is 2. The van der Waals surface area contributed by atoms with E-state index in [1.54, 1.807) is 6.07 Å². The van der Waals surface area contributed by atoms with E-state index in [4.69, 9.17) is 26.6 Å². The zero-order valence-corrected chi connectivity index (χ0v) is 11.4. The lowest BCUT2D eigenvalue weighted by atomic mass is 10.1. The molecule has 2 aromatic rings. The molecule has 1 aromatic carbocycles. The van der Waals surface area contributed by atoms with Gasteiger partial charge in [-0.1, -0.05) is 35.0 Å². The Kier molecular flexibility index (Phi) is 4.90. The topological polar surface area (TPSA) is 74.2 Å². The van der Waals surface area contributed by atoms with Crippen LogP contribution in [0.4, 0.5) is 0 Å². The minimum absolute atomic E-state index is 0.361. The van der Waals surface area contributed by atoms with Crippen molar-refractivity contribution in [2.45, 2.75) is 19.4 Å². The number of nitrogens with zero attached hydrogens (tertiary/aromatic N) is 2. The van der Waals surface area contributed by atoms with Crippen molar-refractivity contribution in [3.8, 4) is 0 Å². The fraction of sp³-hybridized carbons (Fsp3) is 0.385. The van der Waals surface area contributed by atoms with Gasteiger partial charge in [0.15, 0.2) is 5.82 Å². The fourth-order valence-electron chi connectivity index (χ4n) is 1.66. The summed E-state index contributed by atoms with van der Waals surface area (Å²) >= 11 is 6.09. The molecule has 0 radical (unpaired) electrons. The van der Waals surface area contributed by atoms with Crippen LogP contribution in [0.3, 0.4) is 0 Å². The molecule has 0 aliphatic carbocycles. The summed E-state index contributed by atoms with van der Waals surface area (Å²) in [4.78, 5) is 4.26. The summed E-state index contributed by atoms with van der Waals surface area (Å²) in [6, 6.07) is 6.83. The molecule has 0 bridgehead atoms. The van der Waals surface area contributed by atoms with E-state index in [2.05, 4.69) is 10.1 Å². The lowest BCUT2D eigenvalue weighted by Crippen LogP contribution is -2.13. The highest BCUT2D eigenvalue weighted by molar-refractivity contribution is 6.31. The first-order chi connectivity index (χ1) is 9.22. The minimum atomic E-state index is -0.512. The van der Waals surface area contributed by atoms with Crippen LogP contribution < -0.4 is 5.73 Å². The summed E-state index contributed by atoms with van der Waals surface area (Å²) < 4.78 is 10.4. The van der Waals surface area contributed by atoms with Crippen LogP contribution in [0.1, 0.15) is 30.2 Å². The van der Waals surface area contributed by atoms with Gasteiger partial charge in [0.1, 0.15) is 6.04 Å². The Morgan fingerprint density at radius 2 is 2.21 bits per heavy atom. The molecule has 1 heterocycles. The highest BCUT2D eigenvalue weighted by atomic mass is 35.5. The van der Waals surface area contributed by atoms with Crippen molar-refractivity contribution in [3.05, 3.63) is 46.6 Å². The van der Waals surface area contributed by atoms with Crippen molar-refractivity contribution >= 4 is 11.6 Å². The second-order valence-electron chi connectivity index (χ2n) is 3.99. The van der Waals surface area contributed by atoms with Gasteiger partial charge in [-0.2, -0.15) is 4.98 Å². The van der Waals surface area contributed by atoms with E-state index in [-0.39, 0.29) is 0 Å². The first kappa shape index (κ1) is 14.0. The van der Waals surface area contributed by atoms with E-state index in [1.807, 2.05) is 25.1 Å². The molecular formula is C13H16ClN3O2. The van der Waals surface area contributed by atoms with Gasteiger partial charge in [0.05, 0.1) is 6.61 Å². The average molecular weight is 282 g/mol. The van der Waals surface area contributed by atoms with Crippen LogP contribution in [0, 0.1) is 0 Å².